The van der Waals surface area contributed by atoms with E-state index in [2.05, 4.69) is 27.8 Å². The van der Waals surface area contributed by atoms with Crippen molar-refractivity contribution in [1.29, 1.82) is 0 Å². The normalized spacial score (nSPS) is 11.3. The fraction of sp³-hybridized carbons (Fsp3) is 0.350. The zero-order valence-corrected chi connectivity index (χ0v) is 15.4. The van der Waals surface area contributed by atoms with Gasteiger partial charge in [-0.1, -0.05) is 24.3 Å². The average Bonchev–Trinajstić information content (AvgIpc) is 2.62. The Labute approximate surface area is 150 Å². The summed E-state index contributed by atoms with van der Waals surface area (Å²) in [6, 6.07) is 16.1. The van der Waals surface area contributed by atoms with Gasteiger partial charge in [-0.2, -0.15) is 0 Å². The second kappa shape index (κ2) is 9.57. The Morgan fingerprint density at radius 3 is 2.04 bits per heavy atom. The van der Waals surface area contributed by atoms with Crippen LogP contribution in [-0.4, -0.2) is 26.2 Å². The Bertz CT molecular complexity index is 699. The molecular formula is C20H27N3O2. The highest BCUT2D eigenvalue weighted by Gasteiger charge is 2.02. The molecule has 0 atom stereocenters. The van der Waals surface area contributed by atoms with Crippen molar-refractivity contribution in [3.8, 4) is 11.5 Å². The minimum absolute atomic E-state index is 0.167. The molecule has 134 valence electrons. The number of rotatable bonds is 7. The van der Waals surface area contributed by atoms with Crippen molar-refractivity contribution in [3.05, 3.63) is 59.7 Å². The Morgan fingerprint density at radius 2 is 1.52 bits per heavy atom. The number of aliphatic imine (C=N–C) groups is 1. The van der Waals surface area contributed by atoms with Crippen LogP contribution in [0, 0.1) is 0 Å². The highest BCUT2D eigenvalue weighted by atomic mass is 16.5. The monoisotopic (exact) mass is 341 g/mol. The van der Waals surface area contributed by atoms with Gasteiger partial charge in [0.05, 0.1) is 13.2 Å². The molecule has 0 spiro atoms. The van der Waals surface area contributed by atoms with Crippen molar-refractivity contribution < 1.29 is 9.47 Å². The van der Waals surface area contributed by atoms with Gasteiger partial charge in [0, 0.05) is 20.1 Å². The first-order valence-electron chi connectivity index (χ1n) is 8.43. The molecule has 0 amide bonds. The molecule has 5 nitrogen and oxygen atoms in total. The summed E-state index contributed by atoms with van der Waals surface area (Å²) in [7, 11) is 3.43. The second-order valence-corrected chi connectivity index (χ2v) is 5.94. The number of hydrogen-bond acceptors (Lipinski definition) is 3. The number of methoxy groups -OCH3 is 1. The first kappa shape index (κ1) is 18.6. The van der Waals surface area contributed by atoms with Crippen LogP contribution in [0.4, 0.5) is 0 Å². The van der Waals surface area contributed by atoms with Crippen LogP contribution in [0.25, 0.3) is 0 Å². The van der Waals surface area contributed by atoms with Crippen LogP contribution in [0.1, 0.15) is 25.0 Å². The van der Waals surface area contributed by atoms with Crippen LogP contribution in [0.5, 0.6) is 11.5 Å². The van der Waals surface area contributed by atoms with E-state index in [-0.39, 0.29) is 6.10 Å². The highest BCUT2D eigenvalue weighted by Crippen LogP contribution is 2.15. The zero-order chi connectivity index (χ0) is 18.1. The van der Waals surface area contributed by atoms with Crippen molar-refractivity contribution in [1.82, 2.24) is 10.6 Å². The lowest BCUT2D eigenvalue weighted by Crippen LogP contribution is -2.36. The summed E-state index contributed by atoms with van der Waals surface area (Å²) in [6.45, 7) is 5.39. The summed E-state index contributed by atoms with van der Waals surface area (Å²) < 4.78 is 11.0. The smallest absolute Gasteiger partial charge is 0.191 e. The van der Waals surface area contributed by atoms with Crippen molar-refractivity contribution in [3.63, 3.8) is 0 Å². The number of nitrogens with zero attached hydrogens (tertiary/aromatic N) is 1. The quantitative estimate of drug-likeness (QED) is 0.599. The summed E-state index contributed by atoms with van der Waals surface area (Å²) in [6.07, 6.45) is 0.167. The zero-order valence-electron chi connectivity index (χ0n) is 15.4. The molecule has 0 heterocycles. The Hall–Kier alpha value is -2.69. The summed E-state index contributed by atoms with van der Waals surface area (Å²) in [5.41, 5.74) is 2.28. The van der Waals surface area contributed by atoms with Gasteiger partial charge in [0.1, 0.15) is 11.5 Å². The van der Waals surface area contributed by atoms with E-state index >= 15 is 0 Å². The van der Waals surface area contributed by atoms with Gasteiger partial charge in [-0.3, -0.25) is 4.99 Å². The number of ether oxygens (including phenoxy) is 2. The molecular weight excluding hydrogens is 314 g/mol. The molecule has 2 rings (SSSR count). The molecule has 0 unspecified atom stereocenters. The molecule has 0 aromatic heterocycles. The topological polar surface area (TPSA) is 54.9 Å². The molecule has 0 fully saturated rings. The van der Waals surface area contributed by atoms with E-state index in [0.717, 1.165) is 28.6 Å². The summed E-state index contributed by atoms with van der Waals surface area (Å²) >= 11 is 0. The van der Waals surface area contributed by atoms with Gasteiger partial charge in [0.2, 0.25) is 0 Å². The molecule has 0 saturated carbocycles. The molecule has 2 aromatic rings. The lowest BCUT2D eigenvalue weighted by molar-refractivity contribution is 0.242. The molecule has 2 N–H and O–H groups in total. The Balaban J connectivity index is 1.88. The third-order valence-corrected chi connectivity index (χ3v) is 3.55. The van der Waals surface area contributed by atoms with Crippen molar-refractivity contribution in [2.24, 2.45) is 4.99 Å². The standard InChI is InChI=1S/C20H27N3O2/c1-15(2)25-19-10-6-8-17(12-19)14-23-20(21-3)22-13-16-7-5-9-18(11-16)24-4/h5-12,15H,13-14H2,1-4H3,(H2,21,22,23). The van der Waals surface area contributed by atoms with E-state index in [1.807, 2.05) is 50.2 Å². The number of guanidine groups is 1. The molecule has 5 heteroatoms. The maximum Gasteiger partial charge on any atom is 0.191 e. The molecule has 0 aliphatic heterocycles. The maximum atomic E-state index is 5.73. The van der Waals surface area contributed by atoms with E-state index in [0.29, 0.717) is 13.1 Å². The van der Waals surface area contributed by atoms with Crippen LogP contribution in [0.3, 0.4) is 0 Å². The van der Waals surface area contributed by atoms with E-state index in [9.17, 15) is 0 Å². The summed E-state index contributed by atoms with van der Waals surface area (Å²) in [5.74, 6) is 2.48. The van der Waals surface area contributed by atoms with Crippen molar-refractivity contribution in [2.75, 3.05) is 14.2 Å². The van der Waals surface area contributed by atoms with Gasteiger partial charge >= 0.3 is 0 Å². The van der Waals surface area contributed by atoms with Crippen LogP contribution < -0.4 is 20.1 Å². The van der Waals surface area contributed by atoms with Crippen LogP contribution in [0.15, 0.2) is 53.5 Å². The first-order valence-corrected chi connectivity index (χ1v) is 8.43. The minimum Gasteiger partial charge on any atom is -0.497 e. The third-order valence-electron chi connectivity index (χ3n) is 3.55. The third kappa shape index (κ3) is 6.37. The van der Waals surface area contributed by atoms with Crippen LogP contribution >= 0.6 is 0 Å². The first-order chi connectivity index (χ1) is 12.1. The van der Waals surface area contributed by atoms with Gasteiger partial charge < -0.3 is 20.1 Å². The molecule has 2 aromatic carbocycles. The number of hydrogen-bond donors (Lipinski definition) is 2. The number of benzene rings is 2. The fourth-order valence-corrected chi connectivity index (χ4v) is 2.38. The van der Waals surface area contributed by atoms with Crippen molar-refractivity contribution in [2.45, 2.75) is 33.0 Å². The Morgan fingerprint density at radius 1 is 0.960 bits per heavy atom. The Kier molecular flexibility index (Phi) is 7.14. The molecule has 0 aliphatic rings. The number of nitrogens with one attached hydrogen (secondary N) is 2. The molecule has 0 bridgehead atoms. The predicted octanol–water partition coefficient (Wildman–Crippen LogP) is 3.35. The fourth-order valence-electron chi connectivity index (χ4n) is 2.38. The summed E-state index contributed by atoms with van der Waals surface area (Å²) in [5, 5.41) is 6.62. The molecule has 0 saturated heterocycles. The van der Waals surface area contributed by atoms with Gasteiger partial charge in [-0.05, 0) is 49.2 Å². The van der Waals surface area contributed by atoms with E-state index in [4.69, 9.17) is 9.47 Å². The van der Waals surface area contributed by atoms with Gasteiger partial charge in [-0.25, -0.2) is 0 Å². The molecule has 0 radical (unpaired) electrons. The SMILES string of the molecule is CN=C(NCc1cccc(OC)c1)NCc1cccc(OC(C)C)c1. The highest BCUT2D eigenvalue weighted by molar-refractivity contribution is 5.79. The van der Waals surface area contributed by atoms with Gasteiger partial charge in [0.25, 0.3) is 0 Å². The lowest BCUT2D eigenvalue weighted by Gasteiger charge is -2.14. The van der Waals surface area contributed by atoms with E-state index in [1.165, 1.54) is 0 Å². The largest absolute Gasteiger partial charge is 0.497 e. The molecule has 25 heavy (non-hydrogen) atoms. The molecule has 0 aliphatic carbocycles. The van der Waals surface area contributed by atoms with E-state index < -0.39 is 0 Å². The van der Waals surface area contributed by atoms with Gasteiger partial charge in [0.15, 0.2) is 5.96 Å². The second-order valence-electron chi connectivity index (χ2n) is 5.94. The maximum absolute atomic E-state index is 5.73. The summed E-state index contributed by atoms with van der Waals surface area (Å²) in [4.78, 5) is 4.26. The van der Waals surface area contributed by atoms with Crippen molar-refractivity contribution >= 4 is 5.96 Å². The van der Waals surface area contributed by atoms with Crippen LogP contribution in [0.2, 0.25) is 0 Å². The minimum atomic E-state index is 0.167. The predicted molar refractivity (Wildman–Crippen MR) is 102 cm³/mol. The van der Waals surface area contributed by atoms with E-state index in [1.54, 1.807) is 14.2 Å². The van der Waals surface area contributed by atoms with Gasteiger partial charge in [-0.15, -0.1) is 0 Å². The lowest BCUT2D eigenvalue weighted by atomic mass is 10.2. The average molecular weight is 341 g/mol. The van der Waals surface area contributed by atoms with Crippen LogP contribution in [-0.2, 0) is 13.1 Å².